The molecule has 4 nitrogen and oxygen atoms in total. The monoisotopic (exact) mass is 161 g/mol. The number of nitrogens with two attached hydrogens (primary N) is 1. The van der Waals surface area contributed by atoms with Crippen LogP contribution in [-0.4, -0.2) is 43.2 Å². The zero-order valence-electron chi connectivity index (χ0n) is 6.86. The van der Waals surface area contributed by atoms with Crippen LogP contribution < -0.4 is 5.73 Å². The van der Waals surface area contributed by atoms with E-state index >= 15 is 0 Å². The van der Waals surface area contributed by atoms with E-state index in [0.29, 0.717) is 6.61 Å². The van der Waals surface area contributed by atoms with Crippen molar-refractivity contribution in [1.29, 1.82) is 0 Å². The summed E-state index contributed by atoms with van der Waals surface area (Å²) in [6.45, 7) is 2.27. The molecule has 1 fully saturated rings. The Kier molecular flexibility index (Phi) is 2.84. The minimum Gasteiger partial charge on any atom is -0.389 e. The van der Waals surface area contributed by atoms with E-state index < -0.39 is 6.10 Å². The summed E-state index contributed by atoms with van der Waals surface area (Å²) >= 11 is 0. The summed E-state index contributed by atoms with van der Waals surface area (Å²) in [5.41, 5.74) is 5.67. The summed E-state index contributed by atoms with van der Waals surface area (Å²) < 4.78 is 10.2. The molecule has 3 N–H and O–H groups in total. The summed E-state index contributed by atoms with van der Waals surface area (Å²) in [7, 11) is 1.57. The van der Waals surface area contributed by atoms with Crippen LogP contribution in [0, 0.1) is 0 Å². The van der Waals surface area contributed by atoms with Crippen molar-refractivity contribution in [3.63, 3.8) is 0 Å². The predicted octanol–water partition coefficient (Wildman–Crippen LogP) is -0.892. The second-order valence-corrected chi connectivity index (χ2v) is 2.88. The van der Waals surface area contributed by atoms with Crippen LogP contribution in [0.3, 0.4) is 0 Å². The molecule has 0 aliphatic carbocycles. The van der Waals surface area contributed by atoms with E-state index in [1.807, 2.05) is 0 Å². The van der Waals surface area contributed by atoms with Crippen molar-refractivity contribution >= 4 is 0 Å². The van der Waals surface area contributed by atoms with Gasteiger partial charge in [0.25, 0.3) is 0 Å². The number of methoxy groups -OCH3 is 1. The molecule has 0 radical (unpaired) electrons. The third-order valence-corrected chi connectivity index (χ3v) is 2.13. The third-order valence-electron chi connectivity index (χ3n) is 2.13. The van der Waals surface area contributed by atoms with Crippen LogP contribution in [0.25, 0.3) is 0 Å². The highest BCUT2D eigenvalue weighted by atomic mass is 16.5. The van der Waals surface area contributed by atoms with Crippen molar-refractivity contribution in [3.8, 4) is 0 Å². The standard InChI is InChI=1S/C7H15NO3/c1-4-7(9)6(8)5(10-2)3-11-4/h4-7,9H,3,8H2,1-2H3. The highest BCUT2D eigenvalue weighted by Crippen LogP contribution is 2.14. The van der Waals surface area contributed by atoms with Gasteiger partial charge < -0.3 is 20.3 Å². The van der Waals surface area contributed by atoms with Crippen LogP contribution in [-0.2, 0) is 9.47 Å². The molecule has 4 heteroatoms. The number of hydrogen-bond acceptors (Lipinski definition) is 4. The molecule has 1 aliphatic rings. The van der Waals surface area contributed by atoms with E-state index in [4.69, 9.17) is 15.2 Å². The maximum absolute atomic E-state index is 9.42. The molecule has 1 aliphatic heterocycles. The molecule has 1 rings (SSSR count). The zero-order chi connectivity index (χ0) is 8.43. The Bertz CT molecular complexity index is 129. The molecule has 0 amide bonds. The first kappa shape index (κ1) is 8.93. The van der Waals surface area contributed by atoms with Crippen molar-refractivity contribution in [2.45, 2.75) is 31.3 Å². The second-order valence-electron chi connectivity index (χ2n) is 2.88. The maximum atomic E-state index is 9.42. The Morgan fingerprint density at radius 1 is 1.64 bits per heavy atom. The zero-order valence-corrected chi connectivity index (χ0v) is 6.86. The molecule has 0 aromatic heterocycles. The van der Waals surface area contributed by atoms with Gasteiger partial charge in [-0.15, -0.1) is 0 Å². The predicted molar refractivity (Wildman–Crippen MR) is 40.2 cm³/mol. The molecule has 4 atom stereocenters. The fourth-order valence-corrected chi connectivity index (χ4v) is 1.21. The van der Waals surface area contributed by atoms with Gasteiger partial charge in [-0.05, 0) is 6.92 Å². The summed E-state index contributed by atoms with van der Waals surface area (Å²) in [6.07, 6.45) is -0.980. The summed E-state index contributed by atoms with van der Waals surface area (Å²) in [6, 6.07) is -0.330. The smallest absolute Gasteiger partial charge is 0.0981 e. The average molecular weight is 161 g/mol. The first-order valence-electron chi connectivity index (χ1n) is 3.75. The lowest BCUT2D eigenvalue weighted by molar-refractivity contribution is -0.137. The molecule has 0 saturated carbocycles. The first-order valence-corrected chi connectivity index (χ1v) is 3.75. The molecule has 0 aromatic carbocycles. The van der Waals surface area contributed by atoms with Crippen LogP contribution >= 0.6 is 0 Å². The van der Waals surface area contributed by atoms with Gasteiger partial charge in [0.15, 0.2) is 0 Å². The SMILES string of the molecule is COC1COC(C)C(O)C1N. The van der Waals surface area contributed by atoms with Gasteiger partial charge in [0.1, 0.15) is 0 Å². The van der Waals surface area contributed by atoms with Crippen molar-refractivity contribution in [2.24, 2.45) is 5.73 Å². The summed E-state index contributed by atoms with van der Waals surface area (Å²) in [5.74, 6) is 0. The van der Waals surface area contributed by atoms with E-state index in [0.717, 1.165) is 0 Å². The maximum Gasteiger partial charge on any atom is 0.0981 e. The van der Waals surface area contributed by atoms with Crippen molar-refractivity contribution in [1.82, 2.24) is 0 Å². The Labute approximate surface area is 66.3 Å². The first-order chi connectivity index (χ1) is 5.16. The fourth-order valence-electron chi connectivity index (χ4n) is 1.21. The molecule has 66 valence electrons. The number of rotatable bonds is 1. The molecule has 1 saturated heterocycles. The van der Waals surface area contributed by atoms with Crippen molar-refractivity contribution in [2.75, 3.05) is 13.7 Å². The second kappa shape index (κ2) is 3.49. The van der Waals surface area contributed by atoms with E-state index in [-0.39, 0.29) is 18.2 Å². The van der Waals surface area contributed by atoms with Crippen LogP contribution in [0.15, 0.2) is 0 Å². The van der Waals surface area contributed by atoms with Gasteiger partial charge in [-0.25, -0.2) is 0 Å². The topological polar surface area (TPSA) is 64.7 Å². The summed E-state index contributed by atoms with van der Waals surface area (Å²) in [4.78, 5) is 0. The van der Waals surface area contributed by atoms with Gasteiger partial charge in [-0.2, -0.15) is 0 Å². The molecule has 1 heterocycles. The number of aliphatic hydroxyl groups is 1. The quantitative estimate of drug-likeness (QED) is 0.523. The molecular weight excluding hydrogens is 146 g/mol. The minimum atomic E-state index is -0.617. The van der Waals surface area contributed by atoms with Crippen molar-refractivity contribution < 1.29 is 14.6 Å². The van der Waals surface area contributed by atoms with Crippen LogP contribution in [0.2, 0.25) is 0 Å². The highest BCUT2D eigenvalue weighted by Gasteiger charge is 2.34. The normalized spacial score (nSPS) is 45.8. The van der Waals surface area contributed by atoms with Gasteiger partial charge in [0.05, 0.1) is 31.0 Å². The molecule has 11 heavy (non-hydrogen) atoms. The largest absolute Gasteiger partial charge is 0.389 e. The van der Waals surface area contributed by atoms with Gasteiger partial charge >= 0.3 is 0 Å². The fraction of sp³-hybridized carbons (Fsp3) is 1.00. The molecule has 0 bridgehead atoms. The Morgan fingerprint density at radius 2 is 2.27 bits per heavy atom. The van der Waals surface area contributed by atoms with E-state index in [1.165, 1.54) is 0 Å². The van der Waals surface area contributed by atoms with E-state index in [1.54, 1.807) is 14.0 Å². The van der Waals surface area contributed by atoms with Gasteiger partial charge in [0.2, 0.25) is 0 Å². The summed E-state index contributed by atoms with van der Waals surface area (Å²) in [5, 5.41) is 9.42. The van der Waals surface area contributed by atoms with Gasteiger partial charge in [-0.1, -0.05) is 0 Å². The van der Waals surface area contributed by atoms with E-state index in [9.17, 15) is 5.11 Å². The van der Waals surface area contributed by atoms with Gasteiger partial charge in [0, 0.05) is 7.11 Å². The molecule has 0 spiro atoms. The average Bonchev–Trinajstić information content (AvgIpc) is 2.01. The van der Waals surface area contributed by atoms with Crippen LogP contribution in [0.5, 0.6) is 0 Å². The minimum absolute atomic E-state index is 0.179. The van der Waals surface area contributed by atoms with Crippen LogP contribution in [0.4, 0.5) is 0 Å². The van der Waals surface area contributed by atoms with E-state index in [2.05, 4.69) is 0 Å². The number of aliphatic hydroxyl groups excluding tert-OH is 1. The van der Waals surface area contributed by atoms with Crippen molar-refractivity contribution in [3.05, 3.63) is 0 Å². The molecule has 4 unspecified atom stereocenters. The lowest BCUT2D eigenvalue weighted by atomic mass is 9.99. The Balaban J connectivity index is 2.52. The Hall–Kier alpha value is -0.160. The Morgan fingerprint density at radius 3 is 2.82 bits per heavy atom. The molecular formula is C7H15NO3. The lowest BCUT2D eigenvalue weighted by Crippen LogP contribution is -2.57. The van der Waals surface area contributed by atoms with Crippen LogP contribution in [0.1, 0.15) is 6.92 Å². The van der Waals surface area contributed by atoms with Gasteiger partial charge in [-0.3, -0.25) is 0 Å². The molecule has 0 aromatic rings. The lowest BCUT2D eigenvalue weighted by Gasteiger charge is -2.35. The number of ether oxygens (including phenoxy) is 2. The number of hydrogen-bond donors (Lipinski definition) is 2. The third kappa shape index (κ3) is 1.70. The highest BCUT2D eigenvalue weighted by molar-refractivity contribution is 4.88.